The van der Waals surface area contributed by atoms with Crippen LogP contribution < -0.4 is 11.1 Å². The number of nitrogens with two attached hydrogens (primary N) is 1. The van der Waals surface area contributed by atoms with Gasteiger partial charge in [-0.05, 0) is 19.8 Å². The molecule has 1 aliphatic rings. The summed E-state index contributed by atoms with van der Waals surface area (Å²) in [6, 6.07) is -0.306. The second-order valence-electron chi connectivity index (χ2n) is 3.65. The summed E-state index contributed by atoms with van der Waals surface area (Å²) < 4.78 is 0. The van der Waals surface area contributed by atoms with Gasteiger partial charge in [-0.25, -0.2) is 0 Å². The van der Waals surface area contributed by atoms with Crippen molar-refractivity contribution < 1.29 is 9.59 Å². The maximum Gasteiger partial charge on any atom is 0.212 e. The SMILES string of the molecule is CC1(N)CCC(C(=O)C=O)NC1. The fraction of sp³-hybridized carbons (Fsp3) is 0.750. The lowest BCUT2D eigenvalue weighted by Gasteiger charge is -2.33. The summed E-state index contributed by atoms with van der Waals surface area (Å²) >= 11 is 0. The minimum Gasteiger partial charge on any atom is -0.324 e. The molecule has 68 valence electrons. The Morgan fingerprint density at radius 3 is 2.83 bits per heavy atom. The first-order valence-electron chi connectivity index (χ1n) is 4.06. The lowest BCUT2D eigenvalue weighted by molar-refractivity contribution is -0.131. The van der Waals surface area contributed by atoms with E-state index in [4.69, 9.17) is 5.73 Å². The van der Waals surface area contributed by atoms with Crippen LogP contribution in [-0.2, 0) is 9.59 Å². The Morgan fingerprint density at radius 2 is 2.42 bits per heavy atom. The van der Waals surface area contributed by atoms with E-state index in [1.807, 2.05) is 6.92 Å². The van der Waals surface area contributed by atoms with Gasteiger partial charge in [0.1, 0.15) is 0 Å². The molecule has 1 heterocycles. The van der Waals surface area contributed by atoms with Crippen molar-refractivity contribution in [3.63, 3.8) is 0 Å². The number of hydrogen-bond donors (Lipinski definition) is 2. The molecular formula is C8H14N2O2. The molecule has 0 radical (unpaired) electrons. The highest BCUT2D eigenvalue weighted by Crippen LogP contribution is 2.15. The first kappa shape index (κ1) is 9.35. The molecule has 0 saturated carbocycles. The number of carbonyl (C=O) groups excluding carboxylic acids is 2. The molecule has 1 rings (SSSR count). The van der Waals surface area contributed by atoms with E-state index in [2.05, 4.69) is 5.32 Å². The number of aldehydes is 1. The van der Waals surface area contributed by atoms with Gasteiger partial charge in [0, 0.05) is 12.1 Å². The summed E-state index contributed by atoms with van der Waals surface area (Å²) in [5, 5.41) is 2.95. The van der Waals surface area contributed by atoms with E-state index in [1.54, 1.807) is 0 Å². The first-order chi connectivity index (χ1) is 5.55. The van der Waals surface area contributed by atoms with Gasteiger partial charge in [-0.2, -0.15) is 0 Å². The molecule has 3 N–H and O–H groups in total. The molecule has 4 heteroatoms. The third-order valence-corrected chi connectivity index (χ3v) is 2.22. The monoisotopic (exact) mass is 170 g/mol. The summed E-state index contributed by atoms with van der Waals surface area (Å²) in [4.78, 5) is 21.1. The van der Waals surface area contributed by atoms with Gasteiger partial charge < -0.3 is 11.1 Å². The van der Waals surface area contributed by atoms with Gasteiger partial charge in [0.15, 0.2) is 6.29 Å². The molecule has 0 aromatic heterocycles. The molecule has 0 amide bonds. The van der Waals surface area contributed by atoms with E-state index in [1.165, 1.54) is 0 Å². The Kier molecular flexibility index (Phi) is 2.59. The van der Waals surface area contributed by atoms with Crippen LogP contribution in [0.5, 0.6) is 0 Å². The van der Waals surface area contributed by atoms with Crippen molar-refractivity contribution in [2.45, 2.75) is 31.3 Å². The number of ketones is 1. The Hall–Kier alpha value is -0.740. The van der Waals surface area contributed by atoms with E-state index in [0.717, 1.165) is 6.42 Å². The van der Waals surface area contributed by atoms with Crippen LogP contribution in [0.1, 0.15) is 19.8 Å². The van der Waals surface area contributed by atoms with Crippen LogP contribution in [0.2, 0.25) is 0 Å². The molecule has 2 unspecified atom stereocenters. The minimum atomic E-state index is -0.370. The molecule has 1 aliphatic heterocycles. The van der Waals surface area contributed by atoms with Crippen LogP contribution in [0.15, 0.2) is 0 Å². The number of rotatable bonds is 2. The topological polar surface area (TPSA) is 72.2 Å². The van der Waals surface area contributed by atoms with Crippen molar-refractivity contribution in [2.24, 2.45) is 5.73 Å². The normalized spacial score (nSPS) is 36.0. The molecule has 1 fully saturated rings. The Morgan fingerprint density at radius 1 is 1.75 bits per heavy atom. The summed E-state index contributed by atoms with van der Waals surface area (Å²) in [5.41, 5.74) is 5.58. The zero-order valence-electron chi connectivity index (χ0n) is 7.17. The smallest absolute Gasteiger partial charge is 0.212 e. The zero-order chi connectivity index (χ0) is 9.19. The largest absolute Gasteiger partial charge is 0.324 e. The molecule has 0 aliphatic carbocycles. The summed E-state index contributed by atoms with van der Waals surface area (Å²) in [5.74, 6) is -0.370. The summed E-state index contributed by atoms with van der Waals surface area (Å²) in [6.45, 7) is 2.53. The molecule has 4 nitrogen and oxygen atoms in total. The highest BCUT2D eigenvalue weighted by Gasteiger charge is 2.29. The second-order valence-corrected chi connectivity index (χ2v) is 3.65. The fourth-order valence-corrected chi connectivity index (χ4v) is 1.35. The number of carbonyl (C=O) groups is 2. The molecule has 0 spiro atoms. The van der Waals surface area contributed by atoms with Crippen molar-refractivity contribution in [2.75, 3.05) is 6.54 Å². The molecule has 0 bridgehead atoms. The van der Waals surface area contributed by atoms with Gasteiger partial charge in [0.05, 0.1) is 6.04 Å². The maximum atomic E-state index is 10.9. The number of piperidine rings is 1. The third-order valence-electron chi connectivity index (χ3n) is 2.22. The van der Waals surface area contributed by atoms with E-state index >= 15 is 0 Å². The Balaban J connectivity index is 2.46. The van der Waals surface area contributed by atoms with Gasteiger partial charge in [0.2, 0.25) is 5.78 Å². The highest BCUT2D eigenvalue weighted by atomic mass is 16.2. The van der Waals surface area contributed by atoms with Crippen LogP contribution in [0.3, 0.4) is 0 Å². The van der Waals surface area contributed by atoms with Crippen LogP contribution in [0.4, 0.5) is 0 Å². The van der Waals surface area contributed by atoms with Gasteiger partial charge in [-0.15, -0.1) is 0 Å². The highest BCUT2D eigenvalue weighted by molar-refractivity contribution is 6.27. The minimum absolute atomic E-state index is 0.236. The van der Waals surface area contributed by atoms with E-state index < -0.39 is 0 Å². The maximum absolute atomic E-state index is 10.9. The van der Waals surface area contributed by atoms with E-state index in [9.17, 15) is 9.59 Å². The fourth-order valence-electron chi connectivity index (χ4n) is 1.35. The van der Waals surface area contributed by atoms with E-state index in [0.29, 0.717) is 19.3 Å². The predicted octanol–water partition coefficient (Wildman–Crippen LogP) is -0.776. The Labute approximate surface area is 71.5 Å². The first-order valence-corrected chi connectivity index (χ1v) is 4.06. The van der Waals surface area contributed by atoms with Crippen LogP contribution >= 0.6 is 0 Å². The van der Waals surface area contributed by atoms with Crippen molar-refractivity contribution in [1.82, 2.24) is 5.32 Å². The summed E-state index contributed by atoms with van der Waals surface area (Å²) in [7, 11) is 0. The van der Waals surface area contributed by atoms with Crippen molar-refractivity contribution in [3.8, 4) is 0 Å². The van der Waals surface area contributed by atoms with Crippen LogP contribution in [0.25, 0.3) is 0 Å². The molecular weight excluding hydrogens is 156 g/mol. The quantitative estimate of drug-likeness (QED) is 0.421. The molecule has 2 atom stereocenters. The van der Waals surface area contributed by atoms with Gasteiger partial charge in [0.25, 0.3) is 0 Å². The number of hydrogen-bond acceptors (Lipinski definition) is 4. The standard InChI is InChI=1S/C8H14N2O2/c1-8(9)3-2-6(10-5-8)7(12)4-11/h4,6,10H,2-3,5,9H2,1H3. The molecule has 1 saturated heterocycles. The van der Waals surface area contributed by atoms with Gasteiger partial charge in [-0.3, -0.25) is 9.59 Å². The average molecular weight is 170 g/mol. The molecule has 12 heavy (non-hydrogen) atoms. The van der Waals surface area contributed by atoms with Crippen molar-refractivity contribution in [1.29, 1.82) is 0 Å². The summed E-state index contributed by atoms with van der Waals surface area (Å²) in [6.07, 6.45) is 1.81. The number of Topliss-reactive ketones (excluding diaryl/α,β-unsaturated/α-hetero) is 1. The third kappa shape index (κ3) is 2.12. The van der Waals surface area contributed by atoms with Crippen LogP contribution in [-0.4, -0.2) is 30.2 Å². The van der Waals surface area contributed by atoms with Gasteiger partial charge >= 0.3 is 0 Å². The van der Waals surface area contributed by atoms with E-state index in [-0.39, 0.29) is 17.4 Å². The van der Waals surface area contributed by atoms with Crippen molar-refractivity contribution in [3.05, 3.63) is 0 Å². The molecule has 0 aromatic carbocycles. The zero-order valence-corrected chi connectivity index (χ0v) is 7.17. The van der Waals surface area contributed by atoms with Crippen molar-refractivity contribution >= 4 is 12.1 Å². The lowest BCUT2D eigenvalue weighted by Crippen LogP contribution is -2.56. The Bertz CT molecular complexity index is 191. The van der Waals surface area contributed by atoms with Gasteiger partial charge in [-0.1, -0.05) is 0 Å². The molecule has 0 aromatic rings. The second kappa shape index (κ2) is 3.33. The lowest BCUT2D eigenvalue weighted by atomic mass is 9.89. The number of nitrogens with one attached hydrogen (secondary N) is 1. The van der Waals surface area contributed by atoms with Crippen LogP contribution in [0, 0.1) is 0 Å². The predicted molar refractivity (Wildman–Crippen MR) is 44.7 cm³/mol. The average Bonchev–Trinajstić information content (AvgIpc) is 2.03.